The van der Waals surface area contributed by atoms with Gasteiger partial charge in [0.25, 0.3) is 0 Å². The summed E-state index contributed by atoms with van der Waals surface area (Å²) in [6.07, 6.45) is 2.31. The Morgan fingerprint density at radius 3 is 2.36 bits per heavy atom. The molecule has 0 aliphatic carbocycles. The fourth-order valence-corrected chi connectivity index (χ4v) is 3.32. The maximum Gasteiger partial charge on any atom is 0.387 e. The SMILES string of the molecule is CCCC(C)[C@H](c1ccc(OC(F)F)cc1)N1CCNCC1. The lowest BCUT2D eigenvalue weighted by atomic mass is 9.89. The van der Waals surface area contributed by atoms with Gasteiger partial charge in [0.05, 0.1) is 0 Å². The summed E-state index contributed by atoms with van der Waals surface area (Å²) in [5.41, 5.74) is 1.18. The van der Waals surface area contributed by atoms with Gasteiger partial charge in [0.15, 0.2) is 0 Å². The Kier molecular flexibility index (Phi) is 6.58. The fraction of sp³-hybridized carbons (Fsp3) is 0.647. The van der Waals surface area contributed by atoms with Gasteiger partial charge < -0.3 is 10.1 Å². The highest BCUT2D eigenvalue weighted by atomic mass is 19.3. The Hall–Kier alpha value is -1.20. The van der Waals surface area contributed by atoms with Crippen molar-refractivity contribution < 1.29 is 13.5 Å². The van der Waals surface area contributed by atoms with Crippen molar-refractivity contribution in [1.29, 1.82) is 0 Å². The summed E-state index contributed by atoms with van der Waals surface area (Å²) in [5, 5.41) is 3.38. The summed E-state index contributed by atoms with van der Waals surface area (Å²) in [6.45, 7) is 5.75. The minimum Gasteiger partial charge on any atom is -0.435 e. The van der Waals surface area contributed by atoms with Gasteiger partial charge in [0, 0.05) is 32.2 Å². The molecule has 0 amide bonds. The number of hydrogen-bond donors (Lipinski definition) is 1. The summed E-state index contributed by atoms with van der Waals surface area (Å²) in [6, 6.07) is 7.49. The maximum absolute atomic E-state index is 12.3. The molecule has 22 heavy (non-hydrogen) atoms. The molecule has 2 rings (SSSR count). The molecule has 1 N–H and O–H groups in total. The predicted octanol–water partition coefficient (Wildman–Crippen LogP) is 3.67. The molecule has 124 valence electrons. The van der Waals surface area contributed by atoms with Gasteiger partial charge >= 0.3 is 6.61 Å². The van der Waals surface area contributed by atoms with Gasteiger partial charge in [-0.05, 0) is 30.0 Å². The lowest BCUT2D eigenvalue weighted by Gasteiger charge is -2.38. The maximum atomic E-state index is 12.3. The van der Waals surface area contributed by atoms with Crippen LogP contribution >= 0.6 is 0 Å². The second kappa shape index (κ2) is 8.44. The number of piperazine rings is 1. The van der Waals surface area contributed by atoms with E-state index < -0.39 is 6.61 Å². The number of ether oxygens (including phenoxy) is 1. The van der Waals surface area contributed by atoms with Gasteiger partial charge in [0.1, 0.15) is 5.75 Å². The standard InChI is InChI=1S/C17H26F2N2O/c1-3-4-13(2)16(21-11-9-20-10-12-21)14-5-7-15(8-6-14)22-17(18)19/h5-8,13,16-17,20H,3-4,9-12H2,1-2H3/t13?,16-/m1/s1. The molecule has 1 fully saturated rings. The van der Waals surface area contributed by atoms with E-state index in [9.17, 15) is 8.78 Å². The zero-order valence-corrected chi connectivity index (χ0v) is 13.4. The smallest absolute Gasteiger partial charge is 0.387 e. The lowest BCUT2D eigenvalue weighted by Crippen LogP contribution is -2.46. The first-order valence-corrected chi connectivity index (χ1v) is 8.11. The molecule has 0 bridgehead atoms. The van der Waals surface area contributed by atoms with E-state index in [0.29, 0.717) is 12.0 Å². The van der Waals surface area contributed by atoms with Gasteiger partial charge in [0.2, 0.25) is 0 Å². The average molecular weight is 312 g/mol. The second-order valence-corrected chi connectivity index (χ2v) is 5.94. The molecule has 0 aromatic heterocycles. The van der Waals surface area contributed by atoms with Crippen molar-refractivity contribution in [3.8, 4) is 5.75 Å². The summed E-state index contributed by atoms with van der Waals surface area (Å²) < 4.78 is 29.0. The van der Waals surface area contributed by atoms with Crippen LogP contribution in [0.1, 0.15) is 38.3 Å². The molecule has 3 nitrogen and oxygen atoms in total. The summed E-state index contributed by atoms with van der Waals surface area (Å²) in [4.78, 5) is 2.50. The fourth-order valence-electron chi connectivity index (χ4n) is 3.32. The third-order valence-electron chi connectivity index (χ3n) is 4.27. The molecule has 0 spiro atoms. The topological polar surface area (TPSA) is 24.5 Å². The van der Waals surface area contributed by atoms with E-state index >= 15 is 0 Å². The van der Waals surface area contributed by atoms with Crippen LogP contribution < -0.4 is 10.1 Å². The number of benzene rings is 1. The van der Waals surface area contributed by atoms with Crippen molar-refractivity contribution in [1.82, 2.24) is 10.2 Å². The minimum atomic E-state index is -2.77. The average Bonchev–Trinajstić information content (AvgIpc) is 2.50. The second-order valence-electron chi connectivity index (χ2n) is 5.94. The molecule has 0 radical (unpaired) electrons. The van der Waals surface area contributed by atoms with Crippen LogP contribution in [0.25, 0.3) is 0 Å². The zero-order chi connectivity index (χ0) is 15.9. The monoisotopic (exact) mass is 312 g/mol. The van der Waals surface area contributed by atoms with Crippen LogP contribution in [-0.4, -0.2) is 37.7 Å². The van der Waals surface area contributed by atoms with Crippen LogP contribution in [-0.2, 0) is 0 Å². The molecule has 1 aromatic carbocycles. The van der Waals surface area contributed by atoms with Gasteiger partial charge in [-0.3, -0.25) is 4.90 Å². The highest BCUT2D eigenvalue weighted by Crippen LogP contribution is 2.32. The third-order valence-corrected chi connectivity index (χ3v) is 4.27. The first-order chi connectivity index (χ1) is 10.6. The van der Waals surface area contributed by atoms with Crippen LogP contribution in [0.4, 0.5) is 8.78 Å². The molecule has 1 heterocycles. The number of rotatable bonds is 7. The van der Waals surface area contributed by atoms with E-state index in [2.05, 4.69) is 28.8 Å². The van der Waals surface area contributed by atoms with E-state index in [-0.39, 0.29) is 5.75 Å². The highest BCUT2D eigenvalue weighted by molar-refractivity contribution is 5.29. The normalized spacial score (nSPS) is 19.1. The molecule has 1 aliphatic heterocycles. The van der Waals surface area contributed by atoms with Crippen molar-refractivity contribution in [3.63, 3.8) is 0 Å². The van der Waals surface area contributed by atoms with Gasteiger partial charge in [-0.1, -0.05) is 32.4 Å². The number of hydrogen-bond acceptors (Lipinski definition) is 3. The molecule has 1 aliphatic rings. The predicted molar refractivity (Wildman–Crippen MR) is 84.3 cm³/mol. The minimum absolute atomic E-state index is 0.223. The zero-order valence-electron chi connectivity index (χ0n) is 13.4. The van der Waals surface area contributed by atoms with Crippen molar-refractivity contribution in [2.75, 3.05) is 26.2 Å². The van der Waals surface area contributed by atoms with E-state index in [1.807, 2.05) is 12.1 Å². The van der Waals surface area contributed by atoms with E-state index in [1.165, 1.54) is 5.56 Å². The third kappa shape index (κ3) is 4.65. The van der Waals surface area contributed by atoms with Gasteiger partial charge in [-0.2, -0.15) is 8.78 Å². The number of halogens is 2. The largest absolute Gasteiger partial charge is 0.435 e. The van der Waals surface area contributed by atoms with E-state index in [1.54, 1.807) is 12.1 Å². The van der Waals surface area contributed by atoms with E-state index in [0.717, 1.165) is 39.0 Å². The van der Waals surface area contributed by atoms with Gasteiger partial charge in [-0.25, -0.2) is 0 Å². The quantitative estimate of drug-likeness (QED) is 0.831. The Morgan fingerprint density at radius 2 is 1.82 bits per heavy atom. The molecular weight excluding hydrogens is 286 g/mol. The molecule has 1 aromatic rings. The van der Waals surface area contributed by atoms with Crippen LogP contribution in [0.2, 0.25) is 0 Å². The van der Waals surface area contributed by atoms with Crippen LogP contribution in [0.3, 0.4) is 0 Å². The molecule has 1 unspecified atom stereocenters. The van der Waals surface area contributed by atoms with Gasteiger partial charge in [-0.15, -0.1) is 0 Å². The molecule has 2 atom stereocenters. The Bertz CT molecular complexity index is 433. The first-order valence-electron chi connectivity index (χ1n) is 8.11. The van der Waals surface area contributed by atoms with Crippen LogP contribution in [0.5, 0.6) is 5.75 Å². The molecular formula is C17H26F2N2O. The van der Waals surface area contributed by atoms with Crippen molar-refractivity contribution >= 4 is 0 Å². The highest BCUT2D eigenvalue weighted by Gasteiger charge is 2.26. The van der Waals surface area contributed by atoms with Crippen molar-refractivity contribution in [3.05, 3.63) is 29.8 Å². The Labute approximate surface area is 131 Å². The summed E-state index contributed by atoms with van der Waals surface area (Å²) in [5.74, 6) is 0.755. The van der Waals surface area contributed by atoms with Crippen molar-refractivity contribution in [2.24, 2.45) is 5.92 Å². The molecule has 1 saturated heterocycles. The molecule has 5 heteroatoms. The number of nitrogens with one attached hydrogen (secondary N) is 1. The van der Waals surface area contributed by atoms with Crippen LogP contribution in [0, 0.1) is 5.92 Å². The lowest BCUT2D eigenvalue weighted by molar-refractivity contribution is -0.0498. The van der Waals surface area contributed by atoms with Crippen molar-refractivity contribution in [2.45, 2.75) is 39.3 Å². The first kappa shape index (κ1) is 17.2. The van der Waals surface area contributed by atoms with E-state index in [4.69, 9.17) is 0 Å². The Morgan fingerprint density at radius 1 is 1.18 bits per heavy atom. The summed E-state index contributed by atoms with van der Waals surface area (Å²) in [7, 11) is 0. The Balaban J connectivity index is 2.16. The van der Waals surface area contributed by atoms with Crippen LogP contribution in [0.15, 0.2) is 24.3 Å². The number of nitrogens with zero attached hydrogens (tertiary/aromatic N) is 1. The summed E-state index contributed by atoms with van der Waals surface area (Å²) >= 11 is 0. The molecule has 0 saturated carbocycles. The number of alkyl halides is 2.